The van der Waals surface area contributed by atoms with Crippen LogP contribution in [0.3, 0.4) is 0 Å². The number of rotatable bonds is 4. The van der Waals surface area contributed by atoms with E-state index in [4.69, 9.17) is 18.0 Å². The van der Waals surface area contributed by atoms with Crippen LogP contribution in [0, 0.1) is 5.82 Å². The molecule has 0 radical (unpaired) electrons. The van der Waals surface area contributed by atoms with Gasteiger partial charge in [-0.2, -0.15) is 0 Å². The molecule has 1 aromatic heterocycles. The summed E-state index contributed by atoms with van der Waals surface area (Å²) in [7, 11) is 0. The number of hydrogen-bond donors (Lipinski definition) is 1. The zero-order valence-electron chi connectivity index (χ0n) is 10.5. The largest absolute Gasteiger partial charge is 0.388 e. The lowest BCUT2D eigenvalue weighted by atomic mass is 10.2. The third kappa shape index (κ3) is 2.88. The number of benzene rings is 1. The highest BCUT2D eigenvalue weighted by Gasteiger charge is 2.14. The molecule has 5 heteroatoms. The van der Waals surface area contributed by atoms with Gasteiger partial charge in [-0.05, 0) is 43.3 Å². The molecule has 0 saturated carbocycles. The Kier molecular flexibility index (Phi) is 4.06. The molecule has 0 atom stereocenters. The minimum Gasteiger partial charge on any atom is -0.388 e. The fraction of sp³-hybridized carbons (Fsp3) is 0.143. The van der Waals surface area contributed by atoms with Crippen molar-refractivity contribution in [1.82, 2.24) is 4.98 Å². The van der Waals surface area contributed by atoms with Crippen molar-refractivity contribution in [3.63, 3.8) is 0 Å². The Bertz CT molecular complexity index is 583. The molecule has 1 heterocycles. The number of aromatic nitrogens is 1. The molecular weight excluding hydrogens is 261 g/mol. The van der Waals surface area contributed by atoms with E-state index in [0.717, 1.165) is 11.4 Å². The lowest BCUT2D eigenvalue weighted by Crippen LogP contribution is -2.22. The number of thiocarbonyl (C=S) groups is 1. The lowest BCUT2D eigenvalue weighted by Gasteiger charge is -2.24. The summed E-state index contributed by atoms with van der Waals surface area (Å²) < 4.78 is 13.0. The normalized spacial score (nSPS) is 10.2. The van der Waals surface area contributed by atoms with Crippen LogP contribution >= 0.6 is 12.2 Å². The van der Waals surface area contributed by atoms with Crippen molar-refractivity contribution in [2.24, 2.45) is 5.73 Å². The maximum absolute atomic E-state index is 13.0. The van der Waals surface area contributed by atoms with Crippen molar-refractivity contribution in [3.05, 3.63) is 54.1 Å². The molecule has 0 aliphatic heterocycles. The van der Waals surface area contributed by atoms with Gasteiger partial charge in [0.05, 0.1) is 5.69 Å². The Morgan fingerprint density at radius 3 is 2.58 bits per heavy atom. The second-order valence-electron chi connectivity index (χ2n) is 3.96. The molecule has 3 nitrogen and oxygen atoms in total. The van der Waals surface area contributed by atoms with E-state index in [1.54, 1.807) is 18.3 Å². The number of nitrogens with two attached hydrogens (primary N) is 1. The first-order valence-corrected chi connectivity index (χ1v) is 6.32. The summed E-state index contributed by atoms with van der Waals surface area (Å²) in [6.07, 6.45) is 1.65. The minimum absolute atomic E-state index is 0.246. The van der Waals surface area contributed by atoms with Crippen molar-refractivity contribution < 1.29 is 4.39 Å². The summed E-state index contributed by atoms with van der Waals surface area (Å²) in [6, 6.07) is 10.0. The first kappa shape index (κ1) is 13.4. The molecule has 2 rings (SSSR count). The van der Waals surface area contributed by atoms with Gasteiger partial charge in [0.15, 0.2) is 0 Å². The topological polar surface area (TPSA) is 42.2 Å². The van der Waals surface area contributed by atoms with Gasteiger partial charge in [-0.15, -0.1) is 0 Å². The highest BCUT2D eigenvalue weighted by Crippen LogP contribution is 2.27. The van der Waals surface area contributed by atoms with E-state index in [1.807, 2.05) is 24.0 Å². The SMILES string of the molecule is CCN(c1ccc(F)cc1)c1cccnc1C(N)=S. The number of halogens is 1. The second kappa shape index (κ2) is 5.75. The standard InChI is InChI=1S/C14H14FN3S/c1-2-18(11-7-5-10(15)6-8-11)12-4-3-9-17-13(12)14(16)19/h3-9H,2H2,1H3,(H2,16,19). The van der Waals surface area contributed by atoms with Crippen molar-refractivity contribution in [2.45, 2.75) is 6.92 Å². The van der Waals surface area contributed by atoms with Crippen LogP contribution in [0.1, 0.15) is 12.6 Å². The lowest BCUT2D eigenvalue weighted by molar-refractivity contribution is 0.628. The van der Waals surface area contributed by atoms with Gasteiger partial charge >= 0.3 is 0 Å². The van der Waals surface area contributed by atoms with Crippen molar-refractivity contribution in [3.8, 4) is 0 Å². The number of anilines is 2. The number of pyridine rings is 1. The Morgan fingerprint density at radius 1 is 1.32 bits per heavy atom. The van der Waals surface area contributed by atoms with Gasteiger partial charge < -0.3 is 10.6 Å². The summed E-state index contributed by atoms with van der Waals surface area (Å²) in [6.45, 7) is 2.70. The highest BCUT2D eigenvalue weighted by atomic mass is 32.1. The van der Waals surface area contributed by atoms with Crippen LogP contribution in [-0.2, 0) is 0 Å². The Balaban J connectivity index is 2.48. The summed E-state index contributed by atoms with van der Waals surface area (Å²) in [4.78, 5) is 6.44. The molecule has 0 aliphatic rings. The second-order valence-corrected chi connectivity index (χ2v) is 4.40. The van der Waals surface area contributed by atoms with Crippen LogP contribution in [0.5, 0.6) is 0 Å². The first-order chi connectivity index (χ1) is 9.13. The Morgan fingerprint density at radius 2 is 2.00 bits per heavy atom. The van der Waals surface area contributed by atoms with Crippen LogP contribution in [0.2, 0.25) is 0 Å². The van der Waals surface area contributed by atoms with E-state index in [1.165, 1.54) is 12.1 Å². The van der Waals surface area contributed by atoms with Crippen LogP contribution in [0.25, 0.3) is 0 Å². The Hall–Kier alpha value is -2.01. The average Bonchev–Trinajstić information content (AvgIpc) is 2.42. The molecule has 0 unspecified atom stereocenters. The maximum Gasteiger partial charge on any atom is 0.124 e. The molecule has 0 fully saturated rings. The number of nitrogens with zero attached hydrogens (tertiary/aromatic N) is 2. The zero-order chi connectivity index (χ0) is 13.8. The molecule has 2 aromatic rings. The molecule has 0 bridgehead atoms. The van der Waals surface area contributed by atoms with E-state index < -0.39 is 0 Å². The molecule has 2 N–H and O–H groups in total. The molecule has 0 amide bonds. The molecule has 98 valence electrons. The summed E-state index contributed by atoms with van der Waals surface area (Å²) >= 11 is 5.02. The van der Waals surface area contributed by atoms with Gasteiger partial charge in [-0.25, -0.2) is 4.39 Å². The van der Waals surface area contributed by atoms with Crippen LogP contribution in [0.15, 0.2) is 42.6 Å². The van der Waals surface area contributed by atoms with E-state index in [-0.39, 0.29) is 10.8 Å². The summed E-state index contributed by atoms with van der Waals surface area (Å²) in [5.41, 5.74) is 7.96. The van der Waals surface area contributed by atoms with E-state index >= 15 is 0 Å². The quantitative estimate of drug-likeness (QED) is 0.871. The molecule has 0 spiro atoms. The van der Waals surface area contributed by atoms with Crippen molar-refractivity contribution >= 4 is 28.6 Å². The monoisotopic (exact) mass is 275 g/mol. The van der Waals surface area contributed by atoms with Gasteiger partial charge in [0.25, 0.3) is 0 Å². The van der Waals surface area contributed by atoms with Crippen molar-refractivity contribution in [2.75, 3.05) is 11.4 Å². The van der Waals surface area contributed by atoms with Crippen molar-refractivity contribution in [1.29, 1.82) is 0 Å². The average molecular weight is 275 g/mol. The van der Waals surface area contributed by atoms with Gasteiger partial charge in [0.2, 0.25) is 0 Å². The van der Waals surface area contributed by atoms with Crippen LogP contribution in [-0.4, -0.2) is 16.5 Å². The fourth-order valence-electron chi connectivity index (χ4n) is 1.92. The smallest absolute Gasteiger partial charge is 0.124 e. The third-order valence-electron chi connectivity index (χ3n) is 2.77. The fourth-order valence-corrected chi connectivity index (χ4v) is 2.07. The van der Waals surface area contributed by atoms with E-state index in [9.17, 15) is 4.39 Å². The van der Waals surface area contributed by atoms with E-state index in [2.05, 4.69) is 4.98 Å². The Labute approximate surface area is 116 Å². The summed E-state index contributed by atoms with van der Waals surface area (Å²) in [5, 5.41) is 0. The van der Waals surface area contributed by atoms with Crippen LogP contribution < -0.4 is 10.6 Å². The summed E-state index contributed by atoms with van der Waals surface area (Å²) in [5.74, 6) is -0.263. The van der Waals surface area contributed by atoms with E-state index in [0.29, 0.717) is 12.2 Å². The molecule has 0 saturated heterocycles. The molecule has 1 aromatic carbocycles. The number of hydrogen-bond acceptors (Lipinski definition) is 3. The maximum atomic E-state index is 13.0. The first-order valence-electron chi connectivity index (χ1n) is 5.91. The predicted octanol–water partition coefficient (Wildman–Crippen LogP) is 3.01. The van der Waals surface area contributed by atoms with Gasteiger partial charge in [0, 0.05) is 18.4 Å². The zero-order valence-corrected chi connectivity index (χ0v) is 11.3. The van der Waals surface area contributed by atoms with Gasteiger partial charge in [0.1, 0.15) is 16.5 Å². The molecule has 0 aliphatic carbocycles. The van der Waals surface area contributed by atoms with Gasteiger partial charge in [-0.3, -0.25) is 4.98 Å². The predicted molar refractivity (Wildman–Crippen MR) is 79.2 cm³/mol. The third-order valence-corrected chi connectivity index (χ3v) is 2.96. The minimum atomic E-state index is -0.263. The van der Waals surface area contributed by atoms with Gasteiger partial charge in [-0.1, -0.05) is 12.2 Å². The molecule has 19 heavy (non-hydrogen) atoms. The van der Waals surface area contributed by atoms with Crippen LogP contribution in [0.4, 0.5) is 15.8 Å². The highest BCUT2D eigenvalue weighted by molar-refractivity contribution is 7.80. The molecular formula is C14H14FN3S.